The summed E-state index contributed by atoms with van der Waals surface area (Å²) in [6, 6.07) is 5.02. The Morgan fingerprint density at radius 3 is 2.00 bits per heavy atom. The molecular weight excluding hydrogens is 412 g/mol. The van der Waals surface area contributed by atoms with Gasteiger partial charge >= 0.3 is 0 Å². The first kappa shape index (κ1) is 20.3. The number of ether oxygens (including phenoxy) is 1. The smallest absolute Gasteiger partial charge is 0.278 e. The zero-order valence-corrected chi connectivity index (χ0v) is 17.8. The molecule has 0 aliphatic heterocycles. The molecule has 0 radical (unpaired) electrons. The van der Waals surface area contributed by atoms with Gasteiger partial charge in [-0.05, 0) is 50.7 Å². The van der Waals surface area contributed by atoms with Crippen molar-refractivity contribution in [3.8, 4) is 5.75 Å². The summed E-state index contributed by atoms with van der Waals surface area (Å²) < 4.78 is 16.1. The van der Waals surface area contributed by atoms with Gasteiger partial charge in [-0.1, -0.05) is 10.3 Å². The van der Waals surface area contributed by atoms with E-state index in [4.69, 9.17) is 13.8 Å². The minimum absolute atomic E-state index is 0.315. The maximum Gasteiger partial charge on any atom is 0.278 e. The van der Waals surface area contributed by atoms with Crippen molar-refractivity contribution in [2.24, 2.45) is 0 Å². The van der Waals surface area contributed by atoms with E-state index in [1.807, 2.05) is 0 Å². The monoisotopic (exact) mass is 436 g/mol. The van der Waals surface area contributed by atoms with Crippen molar-refractivity contribution in [3.05, 3.63) is 52.2 Å². The first-order chi connectivity index (χ1) is 15.6. The number of rotatable bonds is 5. The molecule has 5 rings (SSSR count). The number of aromatic nitrogens is 2. The molecule has 1 aromatic carbocycles. The molecule has 2 aromatic heterocycles. The second-order valence-corrected chi connectivity index (χ2v) is 8.10. The van der Waals surface area contributed by atoms with Crippen molar-refractivity contribution in [2.45, 2.75) is 51.4 Å². The van der Waals surface area contributed by atoms with Gasteiger partial charge in [0.2, 0.25) is 0 Å². The summed E-state index contributed by atoms with van der Waals surface area (Å²) in [5, 5.41) is 13.6. The van der Waals surface area contributed by atoms with Crippen LogP contribution in [0.4, 0.5) is 11.4 Å². The van der Waals surface area contributed by atoms with E-state index < -0.39 is 0 Å². The van der Waals surface area contributed by atoms with Crippen LogP contribution in [-0.2, 0) is 25.7 Å². The Bertz CT molecular complexity index is 1180. The van der Waals surface area contributed by atoms with Crippen LogP contribution in [0.5, 0.6) is 5.75 Å². The van der Waals surface area contributed by atoms with E-state index in [1.165, 1.54) is 7.11 Å². The maximum atomic E-state index is 12.8. The Morgan fingerprint density at radius 1 is 0.844 bits per heavy atom. The highest BCUT2D eigenvalue weighted by Gasteiger charge is 2.26. The summed E-state index contributed by atoms with van der Waals surface area (Å²) in [4.78, 5) is 25.5. The molecule has 166 valence electrons. The quantitative estimate of drug-likeness (QED) is 0.622. The van der Waals surface area contributed by atoms with E-state index in [0.29, 0.717) is 28.5 Å². The van der Waals surface area contributed by atoms with Gasteiger partial charge in [0.15, 0.2) is 11.4 Å². The van der Waals surface area contributed by atoms with Crippen LogP contribution >= 0.6 is 0 Å². The van der Waals surface area contributed by atoms with Crippen molar-refractivity contribution >= 4 is 23.2 Å². The molecule has 2 aliphatic carbocycles. The predicted molar refractivity (Wildman–Crippen MR) is 115 cm³/mol. The molecule has 0 unspecified atom stereocenters. The van der Waals surface area contributed by atoms with Crippen LogP contribution in [0.2, 0.25) is 0 Å². The summed E-state index contributed by atoms with van der Waals surface area (Å²) in [6.07, 6.45) is 7.32. The average molecular weight is 436 g/mol. The minimum atomic E-state index is -0.346. The number of fused-ring (bicyclic) bond motifs is 2. The summed E-state index contributed by atoms with van der Waals surface area (Å²) in [7, 11) is 1.50. The number of anilines is 2. The average Bonchev–Trinajstić information content (AvgIpc) is 3.44. The van der Waals surface area contributed by atoms with E-state index in [1.54, 1.807) is 18.2 Å². The Kier molecular flexibility index (Phi) is 5.38. The van der Waals surface area contributed by atoms with Crippen LogP contribution in [0.15, 0.2) is 27.2 Å². The molecule has 0 spiro atoms. The standard InChI is InChI=1S/C23H24N4O5/c1-30-19-12-13(24-22(28)20-14-6-2-4-8-17(14)31-26-20)10-11-16(19)25-23(29)21-15-7-3-5-9-18(15)32-27-21/h10-12H,2-9H2,1H3,(H,24,28)(H,25,29). The lowest BCUT2D eigenvalue weighted by atomic mass is 9.96. The van der Waals surface area contributed by atoms with Crippen LogP contribution in [0.3, 0.4) is 0 Å². The van der Waals surface area contributed by atoms with Crippen LogP contribution < -0.4 is 15.4 Å². The lowest BCUT2D eigenvalue weighted by Crippen LogP contribution is -2.17. The molecule has 3 aromatic rings. The van der Waals surface area contributed by atoms with Gasteiger partial charge in [-0.2, -0.15) is 0 Å². The normalized spacial score (nSPS) is 14.9. The zero-order chi connectivity index (χ0) is 22.1. The number of carbonyl (C=O) groups excluding carboxylic acids is 2. The van der Waals surface area contributed by atoms with Crippen molar-refractivity contribution in [3.63, 3.8) is 0 Å². The maximum absolute atomic E-state index is 12.8. The van der Waals surface area contributed by atoms with E-state index >= 15 is 0 Å². The highest BCUT2D eigenvalue weighted by atomic mass is 16.5. The van der Waals surface area contributed by atoms with E-state index in [2.05, 4.69) is 20.9 Å². The fourth-order valence-corrected chi connectivity index (χ4v) is 4.37. The second-order valence-electron chi connectivity index (χ2n) is 8.10. The Labute approximate surface area is 184 Å². The SMILES string of the molecule is COc1cc(NC(=O)c2noc3c2CCCC3)ccc1NC(=O)c1noc2c1CCCC2. The number of methoxy groups -OCH3 is 1. The lowest BCUT2D eigenvalue weighted by molar-refractivity contribution is 0.100. The summed E-state index contributed by atoms with van der Waals surface area (Å²) in [5.74, 6) is 1.33. The van der Waals surface area contributed by atoms with Crippen molar-refractivity contribution in [2.75, 3.05) is 17.7 Å². The Balaban J connectivity index is 1.32. The van der Waals surface area contributed by atoms with Gasteiger partial charge in [-0.3, -0.25) is 9.59 Å². The first-order valence-corrected chi connectivity index (χ1v) is 10.9. The topological polar surface area (TPSA) is 119 Å². The largest absolute Gasteiger partial charge is 0.494 e. The number of amides is 2. The number of aryl methyl sites for hydroxylation is 2. The van der Waals surface area contributed by atoms with Crippen molar-refractivity contribution in [1.29, 1.82) is 0 Å². The first-order valence-electron chi connectivity index (χ1n) is 10.9. The van der Waals surface area contributed by atoms with Crippen LogP contribution in [0, 0.1) is 0 Å². The molecule has 2 heterocycles. The van der Waals surface area contributed by atoms with Gasteiger partial charge in [-0.25, -0.2) is 0 Å². The summed E-state index contributed by atoms with van der Waals surface area (Å²) >= 11 is 0. The lowest BCUT2D eigenvalue weighted by Gasteiger charge is -2.13. The third-order valence-electron chi connectivity index (χ3n) is 6.04. The molecule has 9 heteroatoms. The van der Waals surface area contributed by atoms with Crippen LogP contribution in [0.25, 0.3) is 0 Å². The summed E-state index contributed by atoms with van der Waals surface area (Å²) in [5.41, 5.74) is 3.41. The zero-order valence-electron chi connectivity index (χ0n) is 17.8. The van der Waals surface area contributed by atoms with E-state index in [0.717, 1.165) is 74.0 Å². The molecule has 2 aliphatic rings. The van der Waals surface area contributed by atoms with Gasteiger partial charge in [0.1, 0.15) is 17.3 Å². The number of hydrogen-bond acceptors (Lipinski definition) is 7. The number of benzene rings is 1. The molecule has 0 saturated heterocycles. The van der Waals surface area contributed by atoms with Crippen molar-refractivity contribution < 1.29 is 23.4 Å². The van der Waals surface area contributed by atoms with Crippen LogP contribution in [-0.4, -0.2) is 29.2 Å². The third kappa shape index (κ3) is 3.74. The minimum Gasteiger partial charge on any atom is -0.494 e. The van der Waals surface area contributed by atoms with Gasteiger partial charge in [0.25, 0.3) is 11.8 Å². The molecule has 0 saturated carbocycles. The fourth-order valence-electron chi connectivity index (χ4n) is 4.37. The molecule has 32 heavy (non-hydrogen) atoms. The fraction of sp³-hybridized carbons (Fsp3) is 0.391. The predicted octanol–water partition coefficient (Wildman–Crippen LogP) is 3.93. The van der Waals surface area contributed by atoms with Crippen LogP contribution in [0.1, 0.15) is 69.3 Å². The second kappa shape index (κ2) is 8.49. The summed E-state index contributed by atoms with van der Waals surface area (Å²) in [6.45, 7) is 0. The molecular formula is C23H24N4O5. The van der Waals surface area contributed by atoms with Gasteiger partial charge < -0.3 is 24.4 Å². The van der Waals surface area contributed by atoms with Gasteiger partial charge in [0, 0.05) is 35.7 Å². The number of carbonyl (C=O) groups is 2. The molecule has 9 nitrogen and oxygen atoms in total. The number of nitrogens with one attached hydrogen (secondary N) is 2. The molecule has 2 amide bonds. The van der Waals surface area contributed by atoms with Gasteiger partial charge in [0.05, 0.1) is 12.8 Å². The molecule has 2 N–H and O–H groups in total. The number of hydrogen-bond donors (Lipinski definition) is 2. The highest BCUT2D eigenvalue weighted by molar-refractivity contribution is 6.06. The van der Waals surface area contributed by atoms with Crippen molar-refractivity contribution in [1.82, 2.24) is 10.3 Å². The highest BCUT2D eigenvalue weighted by Crippen LogP contribution is 2.31. The molecule has 0 fully saturated rings. The molecule has 0 atom stereocenters. The van der Waals surface area contributed by atoms with E-state index in [9.17, 15) is 9.59 Å². The van der Waals surface area contributed by atoms with E-state index in [-0.39, 0.29) is 11.8 Å². The molecule has 0 bridgehead atoms. The Hall–Kier alpha value is -3.62. The third-order valence-corrected chi connectivity index (χ3v) is 6.04. The van der Waals surface area contributed by atoms with Gasteiger partial charge in [-0.15, -0.1) is 0 Å². The Morgan fingerprint density at radius 2 is 1.41 bits per heavy atom. The number of nitrogens with zero attached hydrogens (tertiary/aromatic N) is 2.